The van der Waals surface area contributed by atoms with E-state index < -0.39 is 10.0 Å². The maximum absolute atomic E-state index is 12.5. The lowest BCUT2D eigenvalue weighted by Crippen LogP contribution is -2.22. The molecule has 0 amide bonds. The van der Waals surface area contributed by atoms with Gasteiger partial charge in [0.2, 0.25) is 10.0 Å². The van der Waals surface area contributed by atoms with Gasteiger partial charge in [-0.1, -0.05) is 29.5 Å². The molecule has 0 saturated heterocycles. The predicted octanol–water partition coefficient (Wildman–Crippen LogP) is 3.80. The third-order valence-electron chi connectivity index (χ3n) is 5.31. The van der Waals surface area contributed by atoms with Crippen LogP contribution in [0.5, 0.6) is 0 Å². The number of aryl methyl sites for hydroxylation is 3. The van der Waals surface area contributed by atoms with Crippen LogP contribution in [-0.4, -0.2) is 51.1 Å². The number of nitrogens with zero attached hydrogens (tertiary/aromatic N) is 6. The third-order valence-corrected chi connectivity index (χ3v) is 8.05. The molecule has 0 aliphatic rings. The second-order valence-electron chi connectivity index (χ2n) is 7.70. The van der Waals surface area contributed by atoms with E-state index in [0.717, 1.165) is 34.6 Å². The summed E-state index contributed by atoms with van der Waals surface area (Å²) in [6.45, 7) is 6.78. The van der Waals surface area contributed by atoms with Gasteiger partial charge < -0.3 is 4.57 Å². The summed E-state index contributed by atoms with van der Waals surface area (Å²) in [4.78, 5) is 5.00. The van der Waals surface area contributed by atoms with Crippen LogP contribution in [-0.2, 0) is 22.3 Å². The molecule has 10 heteroatoms. The van der Waals surface area contributed by atoms with E-state index in [0.29, 0.717) is 11.3 Å². The molecule has 0 unspecified atom stereocenters. The van der Waals surface area contributed by atoms with E-state index in [4.69, 9.17) is 4.98 Å². The number of sulfonamides is 1. The average molecular weight is 471 g/mol. The highest BCUT2D eigenvalue weighted by atomic mass is 32.2. The van der Waals surface area contributed by atoms with Crippen molar-refractivity contribution in [2.45, 2.75) is 43.1 Å². The predicted molar refractivity (Wildman–Crippen MR) is 127 cm³/mol. The Morgan fingerprint density at radius 2 is 1.75 bits per heavy atom. The molecular weight excluding hydrogens is 444 g/mol. The second kappa shape index (κ2) is 8.68. The smallest absolute Gasteiger partial charge is 0.242 e. The fraction of sp³-hybridized carbons (Fsp3) is 0.318. The maximum atomic E-state index is 12.5. The van der Waals surface area contributed by atoms with Crippen molar-refractivity contribution in [3.05, 3.63) is 59.7 Å². The Hall–Kier alpha value is -2.69. The number of hydrogen-bond acceptors (Lipinski definition) is 6. The van der Waals surface area contributed by atoms with Gasteiger partial charge in [-0.15, -0.1) is 10.2 Å². The van der Waals surface area contributed by atoms with E-state index in [1.54, 1.807) is 23.9 Å². The van der Waals surface area contributed by atoms with Crippen molar-refractivity contribution in [2.75, 3.05) is 14.1 Å². The number of fused-ring (bicyclic) bond motifs is 1. The Kier molecular flexibility index (Phi) is 6.11. The van der Waals surface area contributed by atoms with Crippen LogP contribution in [0.3, 0.4) is 0 Å². The standard InChI is InChI=1S/C22H26N6O2S2/c1-6-27-20-12-11-18(32(29,30)26(4)5)13-19(20)23-21(27)14-31-22-25-24-16(3)28(22)17-9-7-15(2)8-10-17/h7-13H,6,14H2,1-5H3. The molecule has 0 aliphatic heterocycles. The second-order valence-corrected chi connectivity index (χ2v) is 10.8. The van der Waals surface area contributed by atoms with E-state index in [2.05, 4.69) is 52.9 Å². The SMILES string of the molecule is CCn1c(CSc2nnc(C)n2-c2ccc(C)cc2)nc2cc(S(=O)(=O)N(C)C)ccc21. The molecule has 4 aromatic rings. The zero-order chi connectivity index (χ0) is 23.0. The molecule has 32 heavy (non-hydrogen) atoms. The molecular formula is C22H26N6O2S2. The molecule has 0 aliphatic carbocycles. The van der Waals surface area contributed by atoms with Crippen LogP contribution in [0.4, 0.5) is 0 Å². The topological polar surface area (TPSA) is 85.9 Å². The molecule has 0 atom stereocenters. The minimum absolute atomic E-state index is 0.240. The number of aromatic nitrogens is 5. The highest BCUT2D eigenvalue weighted by Gasteiger charge is 2.20. The largest absolute Gasteiger partial charge is 0.328 e. The van der Waals surface area contributed by atoms with Crippen molar-refractivity contribution in [3.8, 4) is 5.69 Å². The molecule has 2 aromatic carbocycles. The Morgan fingerprint density at radius 3 is 2.41 bits per heavy atom. The zero-order valence-corrected chi connectivity index (χ0v) is 20.4. The monoisotopic (exact) mass is 470 g/mol. The molecule has 0 saturated carbocycles. The Labute approximate surface area is 192 Å². The number of imidazole rings is 1. The first-order valence-corrected chi connectivity index (χ1v) is 12.7. The van der Waals surface area contributed by atoms with Gasteiger partial charge in [0.05, 0.1) is 21.7 Å². The van der Waals surface area contributed by atoms with Gasteiger partial charge in [-0.2, -0.15) is 0 Å². The number of rotatable bonds is 7. The van der Waals surface area contributed by atoms with Crippen LogP contribution < -0.4 is 0 Å². The summed E-state index contributed by atoms with van der Waals surface area (Å²) in [6.07, 6.45) is 0. The first-order chi connectivity index (χ1) is 15.2. The molecule has 0 radical (unpaired) electrons. The van der Waals surface area contributed by atoms with Gasteiger partial charge >= 0.3 is 0 Å². The van der Waals surface area contributed by atoms with E-state index in [1.807, 2.05) is 17.6 Å². The van der Waals surface area contributed by atoms with Gasteiger partial charge in [0.15, 0.2) is 5.16 Å². The summed E-state index contributed by atoms with van der Waals surface area (Å²) < 4.78 is 30.4. The molecule has 0 bridgehead atoms. The molecule has 4 rings (SSSR count). The quantitative estimate of drug-likeness (QED) is 0.382. The molecule has 2 heterocycles. The molecule has 0 spiro atoms. The van der Waals surface area contributed by atoms with Gasteiger partial charge in [0.1, 0.15) is 11.6 Å². The van der Waals surface area contributed by atoms with Gasteiger partial charge in [0, 0.05) is 26.3 Å². The minimum atomic E-state index is -3.51. The van der Waals surface area contributed by atoms with Crippen LogP contribution in [0.1, 0.15) is 24.1 Å². The fourth-order valence-electron chi connectivity index (χ4n) is 3.55. The Bertz CT molecular complexity index is 1370. The molecule has 2 aromatic heterocycles. The van der Waals surface area contributed by atoms with Crippen LogP contribution in [0.2, 0.25) is 0 Å². The summed E-state index contributed by atoms with van der Waals surface area (Å²) >= 11 is 1.56. The number of hydrogen-bond donors (Lipinski definition) is 0. The van der Waals surface area contributed by atoms with Crippen molar-refractivity contribution in [1.82, 2.24) is 28.6 Å². The van der Waals surface area contributed by atoms with Crippen molar-refractivity contribution in [3.63, 3.8) is 0 Å². The van der Waals surface area contributed by atoms with Crippen LogP contribution in [0.15, 0.2) is 52.5 Å². The van der Waals surface area contributed by atoms with Crippen molar-refractivity contribution in [2.24, 2.45) is 0 Å². The van der Waals surface area contributed by atoms with Gasteiger partial charge in [-0.3, -0.25) is 4.57 Å². The van der Waals surface area contributed by atoms with Crippen LogP contribution in [0.25, 0.3) is 16.7 Å². The van der Waals surface area contributed by atoms with E-state index in [9.17, 15) is 8.42 Å². The fourth-order valence-corrected chi connectivity index (χ4v) is 5.42. The van der Waals surface area contributed by atoms with Crippen LogP contribution >= 0.6 is 11.8 Å². The summed E-state index contributed by atoms with van der Waals surface area (Å²) in [6, 6.07) is 13.4. The normalized spacial score (nSPS) is 12.2. The summed E-state index contributed by atoms with van der Waals surface area (Å²) in [7, 11) is -0.461. The van der Waals surface area contributed by atoms with Gasteiger partial charge in [-0.25, -0.2) is 17.7 Å². The van der Waals surface area contributed by atoms with E-state index in [-0.39, 0.29) is 4.90 Å². The summed E-state index contributed by atoms with van der Waals surface area (Å²) in [5, 5.41) is 9.41. The summed E-state index contributed by atoms with van der Waals surface area (Å²) in [5.41, 5.74) is 3.79. The lowest BCUT2D eigenvalue weighted by atomic mass is 10.2. The van der Waals surface area contributed by atoms with Crippen molar-refractivity contribution >= 4 is 32.8 Å². The maximum Gasteiger partial charge on any atom is 0.242 e. The van der Waals surface area contributed by atoms with Crippen LogP contribution in [0, 0.1) is 13.8 Å². The highest BCUT2D eigenvalue weighted by molar-refractivity contribution is 7.98. The summed E-state index contributed by atoms with van der Waals surface area (Å²) in [5.74, 6) is 2.27. The molecule has 0 N–H and O–H groups in total. The molecule has 168 valence electrons. The Balaban J connectivity index is 1.66. The van der Waals surface area contributed by atoms with Crippen molar-refractivity contribution in [1.29, 1.82) is 0 Å². The molecule has 0 fully saturated rings. The van der Waals surface area contributed by atoms with E-state index >= 15 is 0 Å². The van der Waals surface area contributed by atoms with Gasteiger partial charge in [0.25, 0.3) is 0 Å². The van der Waals surface area contributed by atoms with E-state index in [1.165, 1.54) is 24.0 Å². The molecule has 8 nitrogen and oxygen atoms in total. The number of thioether (sulfide) groups is 1. The lowest BCUT2D eigenvalue weighted by molar-refractivity contribution is 0.521. The van der Waals surface area contributed by atoms with Crippen molar-refractivity contribution < 1.29 is 8.42 Å². The first kappa shape index (κ1) is 22.5. The lowest BCUT2D eigenvalue weighted by Gasteiger charge is -2.11. The highest BCUT2D eigenvalue weighted by Crippen LogP contribution is 2.28. The zero-order valence-electron chi connectivity index (χ0n) is 18.8. The third kappa shape index (κ3) is 4.05. The minimum Gasteiger partial charge on any atom is -0.328 e. The van der Waals surface area contributed by atoms with Gasteiger partial charge in [-0.05, 0) is 51.1 Å². The average Bonchev–Trinajstić information content (AvgIpc) is 3.31. The first-order valence-electron chi connectivity index (χ1n) is 10.3. The number of benzene rings is 2. The Morgan fingerprint density at radius 1 is 1.03 bits per heavy atom.